The quantitative estimate of drug-likeness (QED) is 0.784. The van der Waals surface area contributed by atoms with Gasteiger partial charge in [-0.3, -0.25) is 9.48 Å². The third-order valence-electron chi connectivity index (χ3n) is 3.26. The first-order chi connectivity index (χ1) is 9.09. The van der Waals surface area contributed by atoms with Crippen LogP contribution in [0.5, 0.6) is 0 Å². The highest BCUT2D eigenvalue weighted by molar-refractivity contribution is 8.00. The van der Waals surface area contributed by atoms with E-state index in [0.29, 0.717) is 17.3 Å². The zero-order valence-electron chi connectivity index (χ0n) is 11.4. The Morgan fingerprint density at radius 3 is 3.00 bits per heavy atom. The van der Waals surface area contributed by atoms with Crippen LogP contribution >= 0.6 is 23.4 Å². The van der Waals surface area contributed by atoms with Crippen LogP contribution in [0.2, 0.25) is 5.02 Å². The van der Waals surface area contributed by atoms with Gasteiger partial charge in [-0.1, -0.05) is 18.0 Å². The number of rotatable bonds is 5. The molecule has 1 saturated heterocycles. The Morgan fingerprint density at radius 1 is 1.58 bits per heavy atom. The highest BCUT2D eigenvalue weighted by atomic mass is 35.5. The van der Waals surface area contributed by atoms with Gasteiger partial charge in [-0.25, -0.2) is 0 Å². The van der Waals surface area contributed by atoms with Crippen LogP contribution in [0.4, 0.5) is 0 Å². The smallest absolute Gasteiger partial charge is 0.195 e. The second-order valence-electron chi connectivity index (χ2n) is 5.09. The summed E-state index contributed by atoms with van der Waals surface area (Å²) < 4.78 is 1.75. The Labute approximate surface area is 123 Å². The number of carbonyl (C=O) groups is 1. The van der Waals surface area contributed by atoms with Gasteiger partial charge < -0.3 is 4.90 Å². The van der Waals surface area contributed by atoms with Crippen LogP contribution in [0.15, 0.2) is 6.20 Å². The van der Waals surface area contributed by atoms with Crippen molar-refractivity contribution in [3.05, 3.63) is 16.9 Å². The van der Waals surface area contributed by atoms with Gasteiger partial charge in [0.1, 0.15) is 5.69 Å². The molecule has 19 heavy (non-hydrogen) atoms. The lowest BCUT2D eigenvalue weighted by Gasteiger charge is -2.20. The lowest BCUT2D eigenvalue weighted by molar-refractivity contribution is 0.0974. The number of thioether (sulfide) groups is 1. The van der Waals surface area contributed by atoms with E-state index in [9.17, 15) is 4.79 Å². The third kappa shape index (κ3) is 3.74. The van der Waals surface area contributed by atoms with E-state index >= 15 is 0 Å². The van der Waals surface area contributed by atoms with Crippen molar-refractivity contribution < 1.29 is 4.79 Å². The molecule has 4 nitrogen and oxygen atoms in total. The van der Waals surface area contributed by atoms with Crippen LogP contribution < -0.4 is 0 Å². The summed E-state index contributed by atoms with van der Waals surface area (Å²) in [6.07, 6.45) is 4.88. The molecule has 1 unspecified atom stereocenters. The average Bonchev–Trinajstić information content (AvgIpc) is 2.78. The van der Waals surface area contributed by atoms with Gasteiger partial charge in [0.15, 0.2) is 5.78 Å². The van der Waals surface area contributed by atoms with Crippen LogP contribution in [-0.4, -0.2) is 52.1 Å². The second-order valence-corrected chi connectivity index (χ2v) is 6.80. The number of nitrogens with zero attached hydrogens (tertiary/aromatic N) is 3. The molecule has 1 aromatic heterocycles. The van der Waals surface area contributed by atoms with Crippen LogP contribution in [0.1, 0.15) is 29.8 Å². The van der Waals surface area contributed by atoms with Crippen molar-refractivity contribution >= 4 is 29.1 Å². The van der Waals surface area contributed by atoms with Crippen molar-refractivity contribution in [3.63, 3.8) is 0 Å². The molecule has 0 spiro atoms. The van der Waals surface area contributed by atoms with Gasteiger partial charge >= 0.3 is 0 Å². The molecule has 1 atom stereocenters. The first-order valence-corrected chi connectivity index (χ1v) is 8.04. The summed E-state index contributed by atoms with van der Waals surface area (Å²) in [5.74, 6) is 1.21. The molecule has 2 heterocycles. The molecule has 0 amide bonds. The minimum atomic E-state index is 0.0565. The molecule has 0 aliphatic carbocycles. The second kappa shape index (κ2) is 6.77. The zero-order chi connectivity index (χ0) is 13.8. The minimum Gasteiger partial charge on any atom is -0.308 e. The number of aromatic nitrogens is 2. The molecule has 1 aliphatic rings. The first-order valence-electron chi connectivity index (χ1n) is 6.61. The summed E-state index contributed by atoms with van der Waals surface area (Å²) in [7, 11) is 4.01. The number of hydrogen-bond donors (Lipinski definition) is 0. The number of hydrogen-bond acceptors (Lipinski definition) is 4. The van der Waals surface area contributed by atoms with Crippen LogP contribution in [0.3, 0.4) is 0 Å². The van der Waals surface area contributed by atoms with Gasteiger partial charge in [-0.2, -0.15) is 16.9 Å². The molecule has 6 heteroatoms. The maximum atomic E-state index is 12.6. The van der Waals surface area contributed by atoms with Crippen LogP contribution in [0.25, 0.3) is 0 Å². The third-order valence-corrected chi connectivity index (χ3v) is 4.91. The Hall–Kier alpha value is -0.520. The molecule has 0 N–H and O–H groups in total. The molecule has 106 valence electrons. The van der Waals surface area contributed by atoms with Crippen LogP contribution in [-0.2, 0) is 6.54 Å². The molecule has 1 fully saturated rings. The van der Waals surface area contributed by atoms with Crippen molar-refractivity contribution in [2.75, 3.05) is 26.4 Å². The van der Waals surface area contributed by atoms with Gasteiger partial charge in [0.2, 0.25) is 0 Å². The fourth-order valence-electron chi connectivity index (χ4n) is 2.17. The summed E-state index contributed by atoms with van der Waals surface area (Å²) >= 11 is 7.90. The lowest BCUT2D eigenvalue weighted by atomic mass is 10.1. The minimum absolute atomic E-state index is 0.0565. The SMILES string of the molecule is CN(C)CCn1ncc(Cl)c1C(=O)C1CCCCS1. The Kier molecular flexibility index (Phi) is 5.30. The zero-order valence-corrected chi connectivity index (χ0v) is 13.0. The van der Waals surface area contributed by atoms with Crippen molar-refractivity contribution in [1.29, 1.82) is 0 Å². The normalized spacial score (nSPS) is 19.9. The molecule has 0 radical (unpaired) electrons. The molecule has 1 aromatic rings. The van der Waals surface area contributed by atoms with Crippen molar-refractivity contribution in [2.24, 2.45) is 0 Å². The summed E-state index contributed by atoms with van der Waals surface area (Å²) in [4.78, 5) is 14.6. The molecule has 2 rings (SSSR count). The monoisotopic (exact) mass is 301 g/mol. The maximum absolute atomic E-state index is 12.6. The fraction of sp³-hybridized carbons (Fsp3) is 0.692. The van der Waals surface area contributed by atoms with Crippen molar-refractivity contribution in [1.82, 2.24) is 14.7 Å². The predicted molar refractivity (Wildman–Crippen MR) is 80.2 cm³/mol. The molecular weight excluding hydrogens is 282 g/mol. The number of ketones is 1. The number of carbonyl (C=O) groups excluding carboxylic acids is 1. The van der Waals surface area contributed by atoms with Gasteiger partial charge in [0, 0.05) is 6.54 Å². The summed E-state index contributed by atoms with van der Waals surface area (Å²) in [5, 5.41) is 4.77. The van der Waals surface area contributed by atoms with E-state index in [1.165, 1.54) is 6.42 Å². The van der Waals surface area contributed by atoms with E-state index < -0.39 is 0 Å². The number of halogens is 1. The summed E-state index contributed by atoms with van der Waals surface area (Å²) in [6, 6.07) is 0. The van der Waals surface area contributed by atoms with E-state index in [0.717, 1.165) is 25.1 Å². The van der Waals surface area contributed by atoms with Gasteiger partial charge in [0.25, 0.3) is 0 Å². The van der Waals surface area contributed by atoms with E-state index in [2.05, 4.69) is 10.00 Å². The first kappa shape index (κ1) is 14.9. The van der Waals surface area contributed by atoms with Crippen LogP contribution in [0, 0.1) is 0 Å². The van der Waals surface area contributed by atoms with Crippen molar-refractivity contribution in [2.45, 2.75) is 31.1 Å². The molecular formula is C13H20ClN3OS. The van der Waals surface area contributed by atoms with Gasteiger partial charge in [-0.05, 0) is 32.7 Å². The molecule has 0 saturated carbocycles. The van der Waals surface area contributed by atoms with Crippen molar-refractivity contribution in [3.8, 4) is 0 Å². The predicted octanol–water partition coefficient (Wildman–Crippen LogP) is 2.57. The number of Topliss-reactive ketones (excluding diaryl/α,β-unsaturated/α-hetero) is 1. The molecule has 0 aromatic carbocycles. The van der Waals surface area contributed by atoms with E-state index in [1.54, 1.807) is 22.6 Å². The van der Waals surface area contributed by atoms with Gasteiger partial charge in [0.05, 0.1) is 23.0 Å². The Bertz CT molecular complexity index is 441. The number of likely N-dealkylation sites (N-methyl/N-ethyl adjacent to an activating group) is 1. The van der Waals surface area contributed by atoms with E-state index in [4.69, 9.17) is 11.6 Å². The highest BCUT2D eigenvalue weighted by Crippen LogP contribution is 2.29. The lowest BCUT2D eigenvalue weighted by Crippen LogP contribution is -2.26. The fourth-order valence-corrected chi connectivity index (χ4v) is 3.66. The Morgan fingerprint density at radius 2 is 2.37 bits per heavy atom. The maximum Gasteiger partial charge on any atom is 0.195 e. The Balaban J connectivity index is 2.13. The summed E-state index contributed by atoms with van der Waals surface area (Å²) in [6.45, 7) is 1.54. The topological polar surface area (TPSA) is 38.1 Å². The van der Waals surface area contributed by atoms with E-state index in [-0.39, 0.29) is 11.0 Å². The van der Waals surface area contributed by atoms with Gasteiger partial charge in [-0.15, -0.1) is 0 Å². The molecule has 0 bridgehead atoms. The van der Waals surface area contributed by atoms with E-state index in [1.807, 2.05) is 14.1 Å². The molecule has 1 aliphatic heterocycles. The standard InChI is InChI=1S/C13H20ClN3OS/c1-16(2)6-7-17-12(10(14)9-15-17)13(18)11-5-3-4-8-19-11/h9,11H,3-8H2,1-2H3. The highest BCUT2D eigenvalue weighted by Gasteiger charge is 2.27. The summed E-state index contributed by atoms with van der Waals surface area (Å²) in [5.41, 5.74) is 0.586. The average molecular weight is 302 g/mol. The largest absolute Gasteiger partial charge is 0.308 e.